The molecule has 5 nitrogen and oxygen atoms in total. The van der Waals surface area contributed by atoms with Crippen molar-refractivity contribution < 1.29 is 9.53 Å². The van der Waals surface area contributed by atoms with E-state index in [4.69, 9.17) is 4.74 Å². The largest absolute Gasteiger partial charge is 0.379 e. The third-order valence-electron chi connectivity index (χ3n) is 3.69. The summed E-state index contributed by atoms with van der Waals surface area (Å²) in [7, 11) is 1.67. The third-order valence-corrected chi connectivity index (χ3v) is 3.69. The molecule has 2 aromatic rings. The molecule has 1 aliphatic heterocycles. The third kappa shape index (κ3) is 2.64. The lowest BCUT2D eigenvalue weighted by molar-refractivity contribution is 0.0866. The van der Waals surface area contributed by atoms with Crippen LogP contribution < -0.4 is 4.90 Å². The van der Waals surface area contributed by atoms with Crippen LogP contribution >= 0.6 is 0 Å². The van der Waals surface area contributed by atoms with Crippen LogP contribution in [0.4, 0.5) is 5.69 Å². The number of para-hydroxylation sites is 1. The average Bonchev–Trinajstić information content (AvgIpc) is 2.53. The number of amides is 1. The Morgan fingerprint density at radius 2 is 2.10 bits per heavy atom. The minimum Gasteiger partial charge on any atom is -0.379 e. The van der Waals surface area contributed by atoms with Gasteiger partial charge < -0.3 is 9.64 Å². The molecule has 1 aliphatic rings. The smallest absolute Gasteiger partial charge is 0.278 e. The van der Waals surface area contributed by atoms with Crippen molar-refractivity contribution in [3.05, 3.63) is 53.6 Å². The first-order valence-corrected chi connectivity index (χ1v) is 6.90. The standard InChI is InChI=1S/C16H17N3O2/c1-11-8-18-14(9-17-11)16(20)19-10-13(21-2)7-12-5-3-4-6-15(12)19/h3-6,8-9,13H,7,10H2,1-2H3/t13-/m1/s1. The first-order chi connectivity index (χ1) is 10.2. The molecule has 21 heavy (non-hydrogen) atoms. The Labute approximate surface area is 123 Å². The first kappa shape index (κ1) is 13.7. The van der Waals surface area contributed by atoms with Crippen molar-refractivity contribution >= 4 is 11.6 Å². The summed E-state index contributed by atoms with van der Waals surface area (Å²) < 4.78 is 5.45. The molecule has 0 saturated heterocycles. The monoisotopic (exact) mass is 283 g/mol. The van der Waals surface area contributed by atoms with Crippen molar-refractivity contribution in [2.24, 2.45) is 0 Å². The van der Waals surface area contributed by atoms with E-state index in [1.165, 1.54) is 6.20 Å². The summed E-state index contributed by atoms with van der Waals surface area (Å²) >= 11 is 0. The van der Waals surface area contributed by atoms with Crippen molar-refractivity contribution in [1.82, 2.24) is 9.97 Å². The molecule has 0 N–H and O–H groups in total. The SMILES string of the molecule is CO[C@@H]1Cc2ccccc2N(C(=O)c2cnc(C)cn2)C1. The molecular weight excluding hydrogens is 266 g/mol. The summed E-state index contributed by atoms with van der Waals surface area (Å²) in [5.74, 6) is -0.142. The molecule has 1 atom stereocenters. The number of hydrogen-bond acceptors (Lipinski definition) is 4. The molecule has 2 heterocycles. The van der Waals surface area contributed by atoms with E-state index in [-0.39, 0.29) is 12.0 Å². The maximum atomic E-state index is 12.7. The molecule has 0 spiro atoms. The summed E-state index contributed by atoms with van der Waals surface area (Å²) in [4.78, 5) is 22.8. The lowest BCUT2D eigenvalue weighted by atomic mass is 9.99. The molecule has 0 aliphatic carbocycles. The maximum absolute atomic E-state index is 12.7. The van der Waals surface area contributed by atoms with Gasteiger partial charge in [-0.15, -0.1) is 0 Å². The summed E-state index contributed by atoms with van der Waals surface area (Å²) in [6, 6.07) is 7.90. The van der Waals surface area contributed by atoms with E-state index in [9.17, 15) is 4.79 Å². The van der Waals surface area contributed by atoms with Gasteiger partial charge in [0.2, 0.25) is 0 Å². The Bertz CT molecular complexity index is 655. The Morgan fingerprint density at radius 1 is 1.29 bits per heavy atom. The van der Waals surface area contributed by atoms with Crippen LogP contribution in [-0.4, -0.2) is 35.6 Å². The highest BCUT2D eigenvalue weighted by Crippen LogP contribution is 2.28. The molecule has 0 fully saturated rings. The normalized spacial score (nSPS) is 17.4. The van der Waals surface area contributed by atoms with Gasteiger partial charge in [0, 0.05) is 25.4 Å². The maximum Gasteiger partial charge on any atom is 0.278 e. The minimum atomic E-state index is -0.142. The highest BCUT2D eigenvalue weighted by Gasteiger charge is 2.29. The van der Waals surface area contributed by atoms with Gasteiger partial charge in [-0.3, -0.25) is 9.78 Å². The molecule has 5 heteroatoms. The zero-order valence-electron chi connectivity index (χ0n) is 12.1. The van der Waals surface area contributed by atoms with E-state index in [1.807, 2.05) is 31.2 Å². The van der Waals surface area contributed by atoms with Crippen LogP contribution in [0.2, 0.25) is 0 Å². The fourth-order valence-corrected chi connectivity index (χ4v) is 2.55. The molecule has 1 aromatic heterocycles. The number of nitrogens with zero attached hydrogens (tertiary/aromatic N) is 3. The van der Waals surface area contributed by atoms with Crippen LogP contribution in [0, 0.1) is 6.92 Å². The number of carbonyl (C=O) groups is 1. The summed E-state index contributed by atoms with van der Waals surface area (Å²) in [6.45, 7) is 2.38. The number of hydrogen-bond donors (Lipinski definition) is 0. The predicted octanol–water partition coefficient (Wildman–Crippen LogP) is 2.00. The molecule has 0 radical (unpaired) electrons. The summed E-state index contributed by atoms with van der Waals surface area (Å²) in [5.41, 5.74) is 3.19. The van der Waals surface area contributed by atoms with E-state index >= 15 is 0 Å². The van der Waals surface area contributed by atoms with Gasteiger partial charge in [0.15, 0.2) is 0 Å². The second-order valence-corrected chi connectivity index (χ2v) is 5.15. The molecular formula is C16H17N3O2. The van der Waals surface area contributed by atoms with Crippen molar-refractivity contribution in [2.75, 3.05) is 18.6 Å². The highest BCUT2D eigenvalue weighted by molar-refractivity contribution is 6.05. The number of methoxy groups -OCH3 is 1. The fourth-order valence-electron chi connectivity index (χ4n) is 2.55. The zero-order chi connectivity index (χ0) is 14.8. The van der Waals surface area contributed by atoms with Crippen LogP contribution in [0.15, 0.2) is 36.7 Å². The van der Waals surface area contributed by atoms with E-state index in [1.54, 1.807) is 18.2 Å². The Hall–Kier alpha value is -2.27. The Balaban J connectivity index is 1.97. The summed E-state index contributed by atoms with van der Waals surface area (Å²) in [6.07, 6.45) is 3.95. The van der Waals surface area contributed by atoms with Gasteiger partial charge >= 0.3 is 0 Å². The summed E-state index contributed by atoms with van der Waals surface area (Å²) in [5, 5.41) is 0. The number of fused-ring (bicyclic) bond motifs is 1. The van der Waals surface area contributed by atoms with Gasteiger partial charge in [-0.2, -0.15) is 0 Å². The number of benzene rings is 1. The molecule has 1 aromatic carbocycles. The number of aryl methyl sites for hydroxylation is 1. The molecule has 0 saturated carbocycles. The minimum absolute atomic E-state index is 0.00209. The van der Waals surface area contributed by atoms with Crippen molar-refractivity contribution in [3.8, 4) is 0 Å². The average molecular weight is 283 g/mol. The van der Waals surface area contributed by atoms with E-state index < -0.39 is 0 Å². The highest BCUT2D eigenvalue weighted by atomic mass is 16.5. The lowest BCUT2D eigenvalue weighted by Gasteiger charge is -2.33. The Kier molecular flexibility index (Phi) is 3.66. The zero-order valence-corrected chi connectivity index (χ0v) is 12.1. The number of anilines is 1. The van der Waals surface area contributed by atoms with Crippen molar-refractivity contribution in [2.45, 2.75) is 19.4 Å². The number of aromatic nitrogens is 2. The second kappa shape index (κ2) is 5.61. The van der Waals surface area contributed by atoms with Gasteiger partial charge in [0.1, 0.15) is 5.69 Å². The molecule has 0 unspecified atom stereocenters. The quantitative estimate of drug-likeness (QED) is 0.846. The number of ether oxygens (including phenoxy) is 1. The van der Waals surface area contributed by atoms with Crippen LogP contribution in [0.5, 0.6) is 0 Å². The van der Waals surface area contributed by atoms with Crippen LogP contribution in [0.3, 0.4) is 0 Å². The topological polar surface area (TPSA) is 55.3 Å². The van der Waals surface area contributed by atoms with Crippen molar-refractivity contribution in [3.63, 3.8) is 0 Å². The van der Waals surface area contributed by atoms with Gasteiger partial charge in [-0.05, 0) is 18.6 Å². The molecule has 108 valence electrons. The number of carbonyl (C=O) groups excluding carboxylic acids is 1. The van der Waals surface area contributed by atoms with E-state index in [0.717, 1.165) is 23.4 Å². The van der Waals surface area contributed by atoms with Crippen molar-refractivity contribution in [1.29, 1.82) is 0 Å². The van der Waals surface area contributed by atoms with Gasteiger partial charge in [-0.25, -0.2) is 4.98 Å². The second-order valence-electron chi connectivity index (χ2n) is 5.15. The van der Waals surface area contributed by atoms with Crippen LogP contribution in [-0.2, 0) is 11.2 Å². The van der Waals surface area contributed by atoms with E-state index in [2.05, 4.69) is 9.97 Å². The van der Waals surface area contributed by atoms with Gasteiger partial charge in [0.05, 0.1) is 24.5 Å². The molecule has 0 bridgehead atoms. The molecule has 1 amide bonds. The van der Waals surface area contributed by atoms with Gasteiger partial charge in [0.25, 0.3) is 5.91 Å². The molecule has 3 rings (SSSR count). The van der Waals surface area contributed by atoms with Crippen LogP contribution in [0.25, 0.3) is 0 Å². The number of rotatable bonds is 2. The van der Waals surface area contributed by atoms with Gasteiger partial charge in [-0.1, -0.05) is 18.2 Å². The predicted molar refractivity (Wildman–Crippen MR) is 79.4 cm³/mol. The lowest BCUT2D eigenvalue weighted by Crippen LogP contribution is -2.43. The van der Waals surface area contributed by atoms with Crippen LogP contribution in [0.1, 0.15) is 21.7 Å². The first-order valence-electron chi connectivity index (χ1n) is 6.90. The fraction of sp³-hybridized carbons (Fsp3) is 0.312. The van der Waals surface area contributed by atoms with E-state index in [0.29, 0.717) is 12.2 Å². The Morgan fingerprint density at radius 3 is 2.81 bits per heavy atom.